The minimum absolute atomic E-state index is 0.201. The maximum Gasteiger partial charge on any atom is 0.270 e. The van der Waals surface area contributed by atoms with Gasteiger partial charge < -0.3 is 16.0 Å². The number of rotatable bonds is 4. The van der Waals surface area contributed by atoms with E-state index in [4.69, 9.17) is 5.73 Å². The Morgan fingerprint density at radius 3 is 3.12 bits per heavy atom. The molecule has 4 N–H and O–H groups in total. The van der Waals surface area contributed by atoms with Crippen molar-refractivity contribution in [2.24, 2.45) is 0 Å². The lowest BCUT2D eigenvalue weighted by Gasteiger charge is -2.00. The lowest BCUT2D eigenvalue weighted by molar-refractivity contribution is 0.0950. The van der Waals surface area contributed by atoms with E-state index < -0.39 is 0 Å². The van der Waals surface area contributed by atoms with Gasteiger partial charge in [-0.05, 0) is 0 Å². The number of anilines is 1. The molecule has 6 nitrogen and oxygen atoms in total. The Bertz CT molecular complexity index is 464. The van der Waals surface area contributed by atoms with E-state index >= 15 is 0 Å². The van der Waals surface area contributed by atoms with Gasteiger partial charge in [0.05, 0.1) is 6.33 Å². The summed E-state index contributed by atoms with van der Waals surface area (Å²) in [5.41, 5.74) is 6.79. The molecule has 0 radical (unpaired) electrons. The number of imidazole rings is 1. The molecule has 2 rings (SSSR count). The van der Waals surface area contributed by atoms with Gasteiger partial charge in [-0.15, -0.1) is 11.3 Å². The number of nitrogens with one attached hydrogen (secondary N) is 2. The van der Waals surface area contributed by atoms with Crippen LogP contribution < -0.4 is 11.1 Å². The molecule has 2 aromatic rings. The number of hydrogen-bond acceptors (Lipinski definition) is 5. The van der Waals surface area contributed by atoms with Gasteiger partial charge in [-0.2, -0.15) is 0 Å². The minimum Gasteiger partial charge on any atom is -0.375 e. The lowest BCUT2D eigenvalue weighted by Crippen LogP contribution is -2.26. The summed E-state index contributed by atoms with van der Waals surface area (Å²) in [6.45, 7) is 0.540. The Kier molecular flexibility index (Phi) is 3.16. The Morgan fingerprint density at radius 2 is 2.50 bits per heavy atom. The van der Waals surface area contributed by atoms with Crippen molar-refractivity contribution < 1.29 is 4.79 Å². The topological polar surface area (TPSA) is 96.7 Å². The predicted molar refractivity (Wildman–Crippen MR) is 61.2 cm³/mol. The summed E-state index contributed by atoms with van der Waals surface area (Å²) in [6, 6.07) is 0. The number of nitrogen functional groups attached to an aromatic ring is 1. The van der Waals surface area contributed by atoms with Gasteiger partial charge in [0.1, 0.15) is 5.69 Å². The lowest BCUT2D eigenvalue weighted by atomic mass is 10.3. The first kappa shape index (κ1) is 10.6. The zero-order valence-electron chi connectivity index (χ0n) is 8.43. The zero-order chi connectivity index (χ0) is 11.4. The molecule has 0 aliphatic carbocycles. The Morgan fingerprint density at radius 1 is 1.62 bits per heavy atom. The summed E-state index contributed by atoms with van der Waals surface area (Å²) < 4.78 is 0. The molecule has 0 saturated carbocycles. The van der Waals surface area contributed by atoms with Crippen molar-refractivity contribution in [2.45, 2.75) is 6.42 Å². The van der Waals surface area contributed by atoms with Crippen LogP contribution in [0, 0.1) is 0 Å². The Hall–Kier alpha value is -1.89. The van der Waals surface area contributed by atoms with Crippen LogP contribution in [-0.4, -0.2) is 27.4 Å². The van der Waals surface area contributed by atoms with E-state index in [-0.39, 0.29) is 5.91 Å². The smallest absolute Gasteiger partial charge is 0.270 e. The Balaban J connectivity index is 1.80. The molecule has 0 saturated heterocycles. The Labute approximate surface area is 95.9 Å². The monoisotopic (exact) mass is 237 g/mol. The van der Waals surface area contributed by atoms with E-state index in [1.807, 2.05) is 0 Å². The number of H-pyrrole nitrogens is 1. The third-order valence-electron chi connectivity index (χ3n) is 1.99. The maximum absolute atomic E-state index is 11.5. The molecule has 0 unspecified atom stereocenters. The first-order valence-electron chi connectivity index (χ1n) is 4.72. The van der Waals surface area contributed by atoms with Crippen LogP contribution >= 0.6 is 11.3 Å². The summed E-state index contributed by atoms with van der Waals surface area (Å²) in [4.78, 5) is 22.3. The second-order valence-electron chi connectivity index (χ2n) is 3.15. The molecular formula is C9H11N5OS. The fourth-order valence-corrected chi connectivity index (χ4v) is 1.76. The van der Waals surface area contributed by atoms with Crippen molar-refractivity contribution in [3.05, 3.63) is 29.3 Å². The normalized spacial score (nSPS) is 10.2. The van der Waals surface area contributed by atoms with Crippen LogP contribution in [0.2, 0.25) is 0 Å². The number of aromatic amines is 1. The van der Waals surface area contributed by atoms with Gasteiger partial charge in [0.2, 0.25) is 0 Å². The van der Waals surface area contributed by atoms with Crippen LogP contribution in [-0.2, 0) is 6.42 Å². The van der Waals surface area contributed by atoms with Crippen LogP contribution in [0.1, 0.15) is 16.2 Å². The highest BCUT2D eigenvalue weighted by atomic mass is 32.1. The van der Waals surface area contributed by atoms with Crippen LogP contribution in [0.4, 0.5) is 5.13 Å². The number of nitrogens with two attached hydrogens (primary N) is 1. The molecule has 84 valence electrons. The standard InChI is InChI=1S/C9H11N5OS/c10-9-14-7(4-16-9)8(15)12-2-1-6-3-11-5-13-6/h3-5H,1-2H2,(H2,10,14)(H,11,13)(H,12,15). The van der Waals surface area contributed by atoms with E-state index in [0.29, 0.717) is 23.8 Å². The molecule has 0 atom stereocenters. The molecule has 7 heteroatoms. The molecule has 0 spiro atoms. The molecule has 0 aliphatic heterocycles. The fourth-order valence-electron chi connectivity index (χ4n) is 1.21. The third kappa shape index (κ3) is 2.57. The van der Waals surface area contributed by atoms with Gasteiger partial charge in [0, 0.05) is 30.2 Å². The summed E-state index contributed by atoms with van der Waals surface area (Å²) >= 11 is 1.25. The summed E-state index contributed by atoms with van der Waals surface area (Å²) in [5.74, 6) is -0.201. The average Bonchev–Trinajstić information content (AvgIpc) is 2.89. The van der Waals surface area contributed by atoms with Gasteiger partial charge in [0.15, 0.2) is 5.13 Å². The third-order valence-corrected chi connectivity index (χ3v) is 2.66. The number of aromatic nitrogens is 3. The van der Waals surface area contributed by atoms with Crippen molar-refractivity contribution >= 4 is 22.4 Å². The highest BCUT2D eigenvalue weighted by Crippen LogP contribution is 2.10. The van der Waals surface area contributed by atoms with Crippen LogP contribution in [0.3, 0.4) is 0 Å². The van der Waals surface area contributed by atoms with E-state index in [1.54, 1.807) is 17.9 Å². The van der Waals surface area contributed by atoms with E-state index in [0.717, 1.165) is 5.69 Å². The van der Waals surface area contributed by atoms with Crippen molar-refractivity contribution in [1.82, 2.24) is 20.3 Å². The van der Waals surface area contributed by atoms with Crippen molar-refractivity contribution in [3.8, 4) is 0 Å². The predicted octanol–water partition coefficient (Wildman–Crippen LogP) is 0.421. The molecule has 2 aromatic heterocycles. The van der Waals surface area contributed by atoms with Crippen LogP contribution in [0.5, 0.6) is 0 Å². The molecule has 1 amide bonds. The highest BCUT2D eigenvalue weighted by molar-refractivity contribution is 7.13. The highest BCUT2D eigenvalue weighted by Gasteiger charge is 2.08. The summed E-state index contributed by atoms with van der Waals surface area (Å²) in [5, 5.41) is 4.79. The molecule has 0 aliphatic rings. The number of carbonyl (C=O) groups excluding carboxylic acids is 1. The second-order valence-corrected chi connectivity index (χ2v) is 4.04. The molecule has 0 aromatic carbocycles. The zero-order valence-corrected chi connectivity index (χ0v) is 9.25. The quantitative estimate of drug-likeness (QED) is 0.718. The first-order valence-corrected chi connectivity index (χ1v) is 5.60. The number of carbonyl (C=O) groups is 1. The van der Waals surface area contributed by atoms with Gasteiger partial charge in [0.25, 0.3) is 5.91 Å². The fraction of sp³-hybridized carbons (Fsp3) is 0.222. The molecule has 2 heterocycles. The van der Waals surface area contributed by atoms with Gasteiger partial charge in [-0.3, -0.25) is 4.79 Å². The molecule has 0 bridgehead atoms. The number of hydrogen-bond donors (Lipinski definition) is 3. The number of amides is 1. The van der Waals surface area contributed by atoms with E-state index in [1.165, 1.54) is 11.3 Å². The number of nitrogens with zero attached hydrogens (tertiary/aromatic N) is 2. The average molecular weight is 237 g/mol. The number of thiazole rings is 1. The largest absolute Gasteiger partial charge is 0.375 e. The SMILES string of the molecule is Nc1nc(C(=O)NCCc2cnc[nH]2)cs1. The van der Waals surface area contributed by atoms with Crippen LogP contribution in [0.25, 0.3) is 0 Å². The molecule has 16 heavy (non-hydrogen) atoms. The second kappa shape index (κ2) is 4.75. The van der Waals surface area contributed by atoms with Gasteiger partial charge >= 0.3 is 0 Å². The van der Waals surface area contributed by atoms with E-state index in [2.05, 4.69) is 20.3 Å². The minimum atomic E-state index is -0.201. The van der Waals surface area contributed by atoms with Crippen molar-refractivity contribution in [2.75, 3.05) is 12.3 Å². The van der Waals surface area contributed by atoms with Gasteiger partial charge in [-0.1, -0.05) is 0 Å². The van der Waals surface area contributed by atoms with Crippen molar-refractivity contribution in [3.63, 3.8) is 0 Å². The molecular weight excluding hydrogens is 226 g/mol. The maximum atomic E-state index is 11.5. The molecule has 0 fully saturated rings. The van der Waals surface area contributed by atoms with Crippen LogP contribution in [0.15, 0.2) is 17.9 Å². The summed E-state index contributed by atoms with van der Waals surface area (Å²) in [6.07, 6.45) is 4.05. The van der Waals surface area contributed by atoms with Gasteiger partial charge in [-0.25, -0.2) is 9.97 Å². The van der Waals surface area contributed by atoms with E-state index in [9.17, 15) is 4.79 Å². The first-order chi connectivity index (χ1) is 7.75. The van der Waals surface area contributed by atoms with Crippen molar-refractivity contribution in [1.29, 1.82) is 0 Å². The summed E-state index contributed by atoms with van der Waals surface area (Å²) in [7, 11) is 0.